The Morgan fingerprint density at radius 3 is 2.20 bits per heavy atom. The third kappa shape index (κ3) is 3.71. The first kappa shape index (κ1) is 24.8. The van der Waals surface area contributed by atoms with Crippen LogP contribution in [-0.2, 0) is 17.1 Å². The first-order valence-electron chi connectivity index (χ1n) is 10.2. The van der Waals surface area contributed by atoms with Crippen LogP contribution in [0.3, 0.4) is 0 Å². The topological polar surface area (TPSA) is 150 Å². The molecule has 16 heteroatoms. The van der Waals surface area contributed by atoms with E-state index >= 15 is 0 Å². The van der Waals surface area contributed by atoms with Crippen LogP contribution in [0.4, 0.5) is 26.3 Å². The van der Waals surface area contributed by atoms with E-state index in [-0.39, 0.29) is 36.7 Å². The minimum Gasteiger partial charge on any atom is -0.456 e. The lowest BCUT2D eigenvalue weighted by atomic mass is 9.83. The summed E-state index contributed by atoms with van der Waals surface area (Å²) in [6.45, 7) is 0.748. The molecule has 0 aliphatic carbocycles. The van der Waals surface area contributed by atoms with Crippen molar-refractivity contribution >= 4 is 17.9 Å². The van der Waals surface area contributed by atoms with E-state index in [9.17, 15) is 41.5 Å². The molecule has 0 aromatic heterocycles. The fourth-order valence-electron chi connectivity index (χ4n) is 4.86. The van der Waals surface area contributed by atoms with E-state index in [1.807, 2.05) is 0 Å². The van der Waals surface area contributed by atoms with Crippen molar-refractivity contribution in [3.63, 3.8) is 0 Å². The van der Waals surface area contributed by atoms with Crippen molar-refractivity contribution in [1.82, 2.24) is 9.96 Å². The van der Waals surface area contributed by atoms with Gasteiger partial charge in [0.2, 0.25) is 5.96 Å². The zero-order valence-corrected chi connectivity index (χ0v) is 17.9. The Balaban J connectivity index is 1.68. The number of esters is 1. The Morgan fingerprint density at radius 1 is 1.11 bits per heavy atom. The average Bonchev–Trinajstić information content (AvgIpc) is 3.21. The summed E-state index contributed by atoms with van der Waals surface area (Å²) in [6.07, 6.45) is -11.5. The van der Waals surface area contributed by atoms with Crippen LogP contribution in [0.2, 0.25) is 0 Å². The molecule has 3 aliphatic heterocycles. The summed E-state index contributed by atoms with van der Waals surface area (Å²) in [5.74, 6) is -2.83. The summed E-state index contributed by atoms with van der Waals surface area (Å²) in [7, 11) is 0. The average molecular weight is 510 g/mol. The fourth-order valence-corrected chi connectivity index (χ4v) is 4.86. The van der Waals surface area contributed by atoms with Crippen LogP contribution < -0.4 is 11.5 Å². The normalized spacial score (nSPS) is 30.5. The molecule has 1 saturated heterocycles. The smallest absolute Gasteiger partial charge is 0.416 e. The number of hydrogen-bond acceptors (Lipinski definition) is 10. The van der Waals surface area contributed by atoms with Crippen LogP contribution in [0.1, 0.15) is 28.4 Å². The second kappa shape index (κ2) is 7.87. The van der Waals surface area contributed by atoms with E-state index in [4.69, 9.17) is 16.2 Å². The number of nitrogens with two attached hydrogens (primary N) is 2. The van der Waals surface area contributed by atoms with E-state index < -0.39 is 71.4 Å². The molecular weight excluding hydrogens is 490 g/mol. The van der Waals surface area contributed by atoms with Crippen molar-refractivity contribution in [2.45, 2.75) is 43.1 Å². The van der Waals surface area contributed by atoms with Crippen molar-refractivity contribution in [1.29, 1.82) is 0 Å². The second-order valence-electron chi connectivity index (χ2n) is 8.40. The lowest BCUT2D eigenvalue weighted by molar-refractivity contribution is -0.170. The highest BCUT2D eigenvalue weighted by Gasteiger charge is 2.68. The molecule has 0 saturated carbocycles. The Hall–Kier alpha value is -3.27. The minimum absolute atomic E-state index is 0.104. The fraction of sp³-hybridized carbons (Fsp3) is 0.526. The van der Waals surface area contributed by atoms with Gasteiger partial charge in [0.25, 0.3) is 0 Å². The van der Waals surface area contributed by atoms with E-state index in [0.29, 0.717) is 5.06 Å². The zero-order chi connectivity index (χ0) is 26.1. The van der Waals surface area contributed by atoms with Crippen molar-refractivity contribution in [2.75, 3.05) is 13.2 Å². The molecular formula is C19H20F6N6O4. The number of hydroxylamine groups is 2. The van der Waals surface area contributed by atoms with Crippen LogP contribution in [0.5, 0.6) is 0 Å². The van der Waals surface area contributed by atoms with Gasteiger partial charge in [-0.3, -0.25) is 5.21 Å². The van der Waals surface area contributed by atoms with E-state index in [1.165, 1.54) is 11.8 Å². The van der Waals surface area contributed by atoms with Crippen LogP contribution in [-0.4, -0.2) is 75.2 Å². The predicted molar refractivity (Wildman–Crippen MR) is 106 cm³/mol. The Labute approximate surface area is 193 Å². The van der Waals surface area contributed by atoms with Gasteiger partial charge in [0.1, 0.15) is 18.2 Å². The van der Waals surface area contributed by atoms with E-state index in [0.717, 1.165) is 0 Å². The van der Waals surface area contributed by atoms with Crippen LogP contribution in [0.15, 0.2) is 28.2 Å². The van der Waals surface area contributed by atoms with Gasteiger partial charge in [-0.15, -0.1) is 0 Å². The van der Waals surface area contributed by atoms with Crippen molar-refractivity contribution in [3.05, 3.63) is 34.9 Å². The van der Waals surface area contributed by atoms with Gasteiger partial charge in [-0.05, 0) is 18.2 Å². The summed E-state index contributed by atoms with van der Waals surface area (Å²) < 4.78 is 84.4. The number of hydrogen-bond donors (Lipinski definition) is 4. The first-order chi connectivity index (χ1) is 16.1. The van der Waals surface area contributed by atoms with Gasteiger partial charge in [-0.2, -0.15) is 31.4 Å². The number of benzene rings is 1. The largest absolute Gasteiger partial charge is 0.456 e. The molecule has 6 N–H and O–H groups in total. The molecule has 5 atom stereocenters. The van der Waals surface area contributed by atoms with E-state index in [1.54, 1.807) is 0 Å². The Kier molecular flexibility index (Phi) is 5.59. The molecule has 1 aromatic rings. The summed E-state index contributed by atoms with van der Waals surface area (Å²) in [4.78, 5) is 22.3. The second-order valence-corrected chi connectivity index (χ2v) is 8.40. The number of rotatable bonds is 3. The molecule has 1 fully saturated rings. The van der Waals surface area contributed by atoms with Crippen molar-refractivity contribution in [2.24, 2.45) is 27.4 Å². The summed E-state index contributed by atoms with van der Waals surface area (Å²) in [6, 6.07) is -1.46. The van der Waals surface area contributed by atoms with Gasteiger partial charge in [-0.25, -0.2) is 14.8 Å². The summed E-state index contributed by atoms with van der Waals surface area (Å²) >= 11 is 0. The molecule has 4 rings (SSSR count). The minimum atomic E-state index is -5.15. The molecule has 1 aromatic carbocycles. The van der Waals surface area contributed by atoms with Gasteiger partial charge >= 0.3 is 18.3 Å². The number of carbonyl (C=O) groups excluding carboxylic acids is 1. The maximum absolute atomic E-state index is 13.2. The maximum Gasteiger partial charge on any atom is 0.416 e. The highest BCUT2D eigenvalue weighted by Crippen LogP contribution is 2.48. The number of carbonyl (C=O) groups is 1. The highest BCUT2D eigenvalue weighted by molar-refractivity contribution is 5.90. The van der Waals surface area contributed by atoms with Crippen LogP contribution in [0, 0.1) is 5.92 Å². The number of nitrogens with zero attached hydrogens (tertiary/aromatic N) is 4. The quantitative estimate of drug-likeness (QED) is 0.347. The van der Waals surface area contributed by atoms with Gasteiger partial charge < -0.3 is 26.2 Å². The van der Waals surface area contributed by atoms with Crippen LogP contribution in [0.25, 0.3) is 0 Å². The zero-order valence-electron chi connectivity index (χ0n) is 17.9. The molecule has 1 spiro atoms. The number of aliphatic hydroxyl groups excluding tert-OH is 1. The third-order valence-electron chi connectivity index (χ3n) is 6.49. The molecule has 0 amide bonds. The predicted octanol–water partition coefficient (Wildman–Crippen LogP) is 0.975. The molecule has 3 unspecified atom stereocenters. The Bertz CT molecular complexity index is 1080. The standard InChI is InChI=1S/C19H20F6N6O4/c1-7-12(5-30-15(26)28-11(6-32)13-17(7,30)31(34)16(27)29-13)35-14(33)8-2-9(18(20,21)22)4-10(3-8)19(23,24)25/h2-4,7,11-13,32,34H,5-6H2,1H3,(H2,26,28)(H2,27,29)/t7?,11-,12-,13?,17?/m0/s1. The lowest BCUT2D eigenvalue weighted by Crippen LogP contribution is -2.71. The van der Waals surface area contributed by atoms with Crippen molar-refractivity contribution < 1.29 is 46.2 Å². The number of aliphatic hydroxyl groups is 1. The maximum atomic E-state index is 13.2. The summed E-state index contributed by atoms with van der Waals surface area (Å²) in [5.41, 5.74) is 5.90. The van der Waals surface area contributed by atoms with Crippen LogP contribution >= 0.6 is 0 Å². The van der Waals surface area contributed by atoms with Gasteiger partial charge in [0.05, 0.1) is 29.8 Å². The monoisotopic (exact) mass is 510 g/mol. The molecule has 10 nitrogen and oxygen atoms in total. The number of aliphatic imine (C=N–C) groups is 2. The number of alkyl halides is 6. The molecule has 35 heavy (non-hydrogen) atoms. The number of guanidine groups is 2. The Morgan fingerprint density at radius 2 is 1.69 bits per heavy atom. The molecule has 0 bridgehead atoms. The molecule has 192 valence electrons. The highest BCUT2D eigenvalue weighted by atomic mass is 19.4. The van der Waals surface area contributed by atoms with Gasteiger partial charge in [0.15, 0.2) is 11.6 Å². The summed E-state index contributed by atoms with van der Waals surface area (Å²) in [5, 5.41) is 21.0. The van der Waals surface area contributed by atoms with Crippen molar-refractivity contribution in [3.8, 4) is 0 Å². The molecule has 3 aliphatic rings. The first-order valence-corrected chi connectivity index (χ1v) is 10.2. The molecule has 3 heterocycles. The lowest BCUT2D eigenvalue weighted by Gasteiger charge is -2.48. The third-order valence-corrected chi connectivity index (χ3v) is 6.49. The number of ether oxygens (including phenoxy) is 1. The molecule has 0 radical (unpaired) electrons. The number of halogens is 6. The van der Waals surface area contributed by atoms with E-state index in [2.05, 4.69) is 9.98 Å². The SMILES string of the molecule is CC1[C@@H](OC(=O)c2cc(C(F)(F)F)cc(C(F)(F)F)c2)CN2C(N)=N[C@@H](CO)C3N=C(N)N(O)C312. The van der Waals surface area contributed by atoms with Gasteiger partial charge in [-0.1, -0.05) is 6.92 Å². The van der Waals surface area contributed by atoms with Gasteiger partial charge in [0, 0.05) is 5.92 Å².